The molecule has 1 rings (SSSR count). The van der Waals surface area contributed by atoms with Crippen LogP contribution in [0.2, 0.25) is 0 Å². The van der Waals surface area contributed by atoms with Crippen LogP contribution in [0.25, 0.3) is 0 Å². The highest BCUT2D eigenvalue weighted by molar-refractivity contribution is 5.75. The molecule has 0 bridgehead atoms. The molecule has 2 heteroatoms. The van der Waals surface area contributed by atoms with Crippen LogP contribution in [-0.4, -0.2) is 29.8 Å². The zero-order valence-corrected chi connectivity index (χ0v) is 8.18. The summed E-state index contributed by atoms with van der Waals surface area (Å²) >= 11 is 0. The van der Waals surface area contributed by atoms with Crippen LogP contribution in [-0.2, 0) is 4.79 Å². The quantitative estimate of drug-likeness (QED) is 0.604. The van der Waals surface area contributed by atoms with E-state index in [4.69, 9.17) is 0 Å². The second kappa shape index (κ2) is 4.61. The van der Waals surface area contributed by atoms with Crippen molar-refractivity contribution in [3.8, 4) is 0 Å². The van der Waals surface area contributed by atoms with Crippen LogP contribution in [0.3, 0.4) is 0 Å². The molecule has 0 saturated heterocycles. The minimum absolute atomic E-state index is 0.316. The van der Waals surface area contributed by atoms with Crippen molar-refractivity contribution in [2.45, 2.75) is 45.6 Å². The zero-order chi connectivity index (χ0) is 8.97. The molecule has 0 heterocycles. The van der Waals surface area contributed by atoms with Crippen molar-refractivity contribution in [2.24, 2.45) is 0 Å². The Morgan fingerprint density at radius 3 is 2.50 bits per heavy atom. The largest absolute Gasteiger partial charge is 0.300 e. The highest BCUT2D eigenvalue weighted by Gasteiger charge is 2.27. The third-order valence-corrected chi connectivity index (χ3v) is 2.33. The van der Waals surface area contributed by atoms with Crippen molar-refractivity contribution in [2.75, 3.05) is 13.1 Å². The molecule has 0 aliphatic heterocycles. The summed E-state index contributed by atoms with van der Waals surface area (Å²) in [5, 5.41) is 0. The van der Waals surface area contributed by atoms with Gasteiger partial charge < -0.3 is 0 Å². The average Bonchev–Trinajstić information content (AvgIpc) is 2.79. The predicted molar refractivity (Wildman–Crippen MR) is 50.2 cm³/mol. The highest BCUT2D eigenvalue weighted by Crippen LogP contribution is 2.26. The first kappa shape index (κ1) is 9.72. The number of hydrogen-bond acceptors (Lipinski definition) is 2. The van der Waals surface area contributed by atoms with E-state index < -0.39 is 0 Å². The normalized spacial score (nSPS) is 16.9. The Kier molecular flexibility index (Phi) is 3.73. The number of hydrogen-bond donors (Lipinski definition) is 0. The molecule has 0 amide bonds. The summed E-state index contributed by atoms with van der Waals surface area (Å²) in [6.07, 6.45) is 4.63. The van der Waals surface area contributed by atoms with Crippen molar-refractivity contribution < 1.29 is 4.79 Å². The van der Waals surface area contributed by atoms with E-state index in [0.717, 1.165) is 25.6 Å². The van der Waals surface area contributed by atoms with Crippen LogP contribution in [0.15, 0.2) is 0 Å². The smallest absolute Gasteiger partial charge is 0.131 e. The van der Waals surface area contributed by atoms with Crippen LogP contribution in [0.1, 0.15) is 39.5 Å². The molecular weight excluding hydrogens is 150 g/mol. The summed E-state index contributed by atoms with van der Waals surface area (Å²) in [6.45, 7) is 6.02. The van der Waals surface area contributed by atoms with Crippen molar-refractivity contribution in [3.05, 3.63) is 0 Å². The minimum Gasteiger partial charge on any atom is -0.300 e. The minimum atomic E-state index is 0.316. The Labute approximate surface area is 74.9 Å². The molecular formula is C10H19NO. The first-order valence-electron chi connectivity index (χ1n) is 4.97. The molecule has 0 radical (unpaired) electrons. The molecule has 12 heavy (non-hydrogen) atoms. The van der Waals surface area contributed by atoms with Gasteiger partial charge in [-0.15, -0.1) is 0 Å². The monoisotopic (exact) mass is 169 g/mol. The van der Waals surface area contributed by atoms with E-state index in [1.165, 1.54) is 19.3 Å². The fourth-order valence-corrected chi connectivity index (χ4v) is 1.50. The van der Waals surface area contributed by atoms with Crippen molar-refractivity contribution in [3.63, 3.8) is 0 Å². The molecule has 1 saturated carbocycles. The third-order valence-electron chi connectivity index (χ3n) is 2.33. The number of carbonyl (C=O) groups excluding carboxylic acids is 1. The fourth-order valence-electron chi connectivity index (χ4n) is 1.50. The van der Waals surface area contributed by atoms with Gasteiger partial charge in [-0.3, -0.25) is 9.69 Å². The van der Waals surface area contributed by atoms with Crippen LogP contribution in [0.5, 0.6) is 0 Å². The molecule has 1 aliphatic rings. The summed E-state index contributed by atoms with van der Waals surface area (Å²) in [7, 11) is 0. The Bertz CT molecular complexity index is 152. The summed E-state index contributed by atoms with van der Waals surface area (Å²) in [6, 6.07) is 0.810. The maximum atomic E-state index is 10.8. The van der Waals surface area contributed by atoms with Crippen LogP contribution in [0, 0.1) is 0 Å². The summed E-state index contributed by atoms with van der Waals surface area (Å²) < 4.78 is 0. The second-order valence-electron chi connectivity index (χ2n) is 3.72. The Morgan fingerprint density at radius 1 is 1.42 bits per heavy atom. The van der Waals surface area contributed by atoms with E-state index in [0.29, 0.717) is 5.78 Å². The standard InChI is InChI=1S/C10H19NO/c1-3-7-11(10-4-5-10)8-6-9(2)12/h10H,3-8H2,1-2H3. The number of carbonyl (C=O) groups is 1. The van der Waals surface area contributed by atoms with Crippen molar-refractivity contribution in [1.82, 2.24) is 4.90 Å². The van der Waals surface area contributed by atoms with Gasteiger partial charge in [0.15, 0.2) is 0 Å². The lowest BCUT2D eigenvalue weighted by molar-refractivity contribution is -0.117. The molecule has 0 aromatic heterocycles. The van der Waals surface area contributed by atoms with E-state index in [1.807, 2.05) is 0 Å². The Hall–Kier alpha value is -0.370. The molecule has 2 nitrogen and oxygen atoms in total. The topological polar surface area (TPSA) is 20.3 Å². The van der Waals surface area contributed by atoms with Crippen LogP contribution >= 0.6 is 0 Å². The van der Waals surface area contributed by atoms with Gasteiger partial charge in [-0.2, -0.15) is 0 Å². The number of rotatable bonds is 6. The van der Waals surface area contributed by atoms with Gasteiger partial charge in [0.05, 0.1) is 0 Å². The maximum absolute atomic E-state index is 10.8. The van der Waals surface area contributed by atoms with E-state index in [9.17, 15) is 4.79 Å². The van der Waals surface area contributed by atoms with Gasteiger partial charge in [-0.25, -0.2) is 0 Å². The van der Waals surface area contributed by atoms with Gasteiger partial charge in [0.1, 0.15) is 5.78 Å². The lowest BCUT2D eigenvalue weighted by atomic mass is 10.3. The maximum Gasteiger partial charge on any atom is 0.131 e. The van der Waals surface area contributed by atoms with E-state index in [2.05, 4.69) is 11.8 Å². The van der Waals surface area contributed by atoms with E-state index in [-0.39, 0.29) is 0 Å². The molecule has 0 N–H and O–H groups in total. The van der Waals surface area contributed by atoms with Gasteiger partial charge in [0, 0.05) is 19.0 Å². The average molecular weight is 169 g/mol. The summed E-state index contributed by atoms with van der Waals surface area (Å²) in [5.74, 6) is 0.316. The third kappa shape index (κ3) is 3.35. The molecule has 0 aromatic rings. The summed E-state index contributed by atoms with van der Waals surface area (Å²) in [5.41, 5.74) is 0. The highest BCUT2D eigenvalue weighted by atomic mass is 16.1. The SMILES string of the molecule is CCCN(CCC(C)=O)C1CC1. The molecule has 0 unspecified atom stereocenters. The Morgan fingerprint density at radius 2 is 2.08 bits per heavy atom. The van der Waals surface area contributed by atoms with Crippen LogP contribution in [0.4, 0.5) is 0 Å². The predicted octanol–water partition coefficient (Wildman–Crippen LogP) is 1.84. The van der Waals surface area contributed by atoms with E-state index in [1.54, 1.807) is 6.92 Å². The van der Waals surface area contributed by atoms with Gasteiger partial charge in [0.2, 0.25) is 0 Å². The van der Waals surface area contributed by atoms with Gasteiger partial charge in [0.25, 0.3) is 0 Å². The lowest BCUT2D eigenvalue weighted by Crippen LogP contribution is -2.29. The Balaban J connectivity index is 2.18. The first-order chi connectivity index (χ1) is 5.74. The van der Waals surface area contributed by atoms with Crippen molar-refractivity contribution >= 4 is 5.78 Å². The molecule has 70 valence electrons. The first-order valence-corrected chi connectivity index (χ1v) is 4.97. The van der Waals surface area contributed by atoms with Gasteiger partial charge in [-0.1, -0.05) is 6.92 Å². The van der Waals surface area contributed by atoms with E-state index >= 15 is 0 Å². The molecule has 0 aromatic carbocycles. The summed E-state index contributed by atoms with van der Waals surface area (Å²) in [4.78, 5) is 13.2. The van der Waals surface area contributed by atoms with Gasteiger partial charge >= 0.3 is 0 Å². The fraction of sp³-hybridized carbons (Fsp3) is 0.900. The number of Topliss-reactive ketones (excluding diaryl/α,β-unsaturated/α-hetero) is 1. The van der Waals surface area contributed by atoms with Gasteiger partial charge in [-0.05, 0) is 32.7 Å². The van der Waals surface area contributed by atoms with Crippen LogP contribution < -0.4 is 0 Å². The number of nitrogens with zero attached hydrogens (tertiary/aromatic N) is 1. The number of ketones is 1. The molecule has 0 atom stereocenters. The zero-order valence-electron chi connectivity index (χ0n) is 8.18. The van der Waals surface area contributed by atoms with Crippen molar-refractivity contribution in [1.29, 1.82) is 0 Å². The molecule has 0 spiro atoms. The second-order valence-corrected chi connectivity index (χ2v) is 3.72. The molecule has 1 aliphatic carbocycles. The lowest BCUT2D eigenvalue weighted by Gasteiger charge is -2.20. The molecule has 1 fully saturated rings.